The number of Topliss-reactive ketones (excluding diaryl/α,β-unsaturated/α-hetero) is 1. The number of fused-ring (bicyclic) bond motifs is 4. The second-order valence-electron chi connectivity index (χ2n) is 9.72. The van der Waals surface area contributed by atoms with E-state index in [4.69, 9.17) is 18.9 Å². The van der Waals surface area contributed by atoms with Crippen LogP contribution in [0.4, 0.5) is 0 Å². The molecule has 6 heteroatoms. The van der Waals surface area contributed by atoms with Crippen molar-refractivity contribution in [3.05, 3.63) is 11.1 Å². The molecule has 2 spiro atoms. The number of ether oxygens (including phenoxy) is 4. The van der Waals surface area contributed by atoms with Crippen molar-refractivity contribution in [1.82, 2.24) is 0 Å². The van der Waals surface area contributed by atoms with Crippen LogP contribution in [0.2, 0.25) is 0 Å². The summed E-state index contributed by atoms with van der Waals surface area (Å²) in [4.78, 5) is 25.7. The van der Waals surface area contributed by atoms with Crippen molar-refractivity contribution in [3.8, 4) is 0 Å². The maximum absolute atomic E-state index is 13.6. The van der Waals surface area contributed by atoms with Crippen molar-refractivity contribution in [2.75, 3.05) is 6.61 Å². The predicted molar refractivity (Wildman–Crippen MR) is 86.1 cm³/mol. The molecular weight excluding hydrogens is 336 g/mol. The second-order valence-corrected chi connectivity index (χ2v) is 9.72. The van der Waals surface area contributed by atoms with Gasteiger partial charge in [-0.2, -0.15) is 0 Å². The van der Waals surface area contributed by atoms with Crippen LogP contribution in [0.3, 0.4) is 0 Å². The van der Waals surface area contributed by atoms with E-state index in [9.17, 15) is 9.59 Å². The topological polar surface area (TPSA) is 81.0 Å². The molecule has 0 aromatic carbocycles. The molecule has 0 aromatic rings. The zero-order chi connectivity index (χ0) is 17.9. The summed E-state index contributed by atoms with van der Waals surface area (Å²) in [6.45, 7) is 6.72. The van der Waals surface area contributed by atoms with Gasteiger partial charge >= 0.3 is 5.97 Å². The van der Waals surface area contributed by atoms with Crippen LogP contribution >= 0.6 is 0 Å². The van der Waals surface area contributed by atoms with Crippen LogP contribution in [-0.2, 0) is 28.5 Å². The quantitative estimate of drug-likeness (QED) is 0.519. The Morgan fingerprint density at radius 2 is 1.92 bits per heavy atom. The van der Waals surface area contributed by atoms with Gasteiger partial charge in [0.1, 0.15) is 24.4 Å². The van der Waals surface area contributed by atoms with E-state index in [0.717, 1.165) is 24.0 Å². The first-order valence-electron chi connectivity index (χ1n) is 9.82. The molecule has 4 aliphatic heterocycles. The molecule has 0 aromatic heterocycles. The van der Waals surface area contributed by atoms with Crippen molar-refractivity contribution in [3.63, 3.8) is 0 Å². The average Bonchev–Trinajstić information content (AvgIpc) is 3.47. The number of epoxide rings is 3. The smallest absolute Gasteiger partial charge is 0.334 e. The van der Waals surface area contributed by atoms with Gasteiger partial charge in [0.15, 0.2) is 11.2 Å². The Kier molecular flexibility index (Phi) is 2.10. The third-order valence-corrected chi connectivity index (χ3v) is 8.82. The van der Waals surface area contributed by atoms with Gasteiger partial charge in [0, 0.05) is 11.0 Å². The minimum absolute atomic E-state index is 0.0689. The fourth-order valence-corrected chi connectivity index (χ4v) is 7.41. The monoisotopic (exact) mass is 358 g/mol. The van der Waals surface area contributed by atoms with Crippen molar-refractivity contribution in [1.29, 1.82) is 0 Å². The van der Waals surface area contributed by atoms with Gasteiger partial charge in [0.05, 0.1) is 6.10 Å². The number of carbonyl (C=O) groups excluding carboxylic acids is 2. The lowest BCUT2D eigenvalue weighted by Crippen LogP contribution is -2.67. The maximum Gasteiger partial charge on any atom is 0.334 e. The fraction of sp³-hybridized carbons (Fsp3) is 0.800. The first-order chi connectivity index (χ1) is 12.3. The maximum atomic E-state index is 13.6. The molecular formula is C20H22O6. The van der Waals surface area contributed by atoms with Gasteiger partial charge in [-0.3, -0.25) is 4.79 Å². The van der Waals surface area contributed by atoms with E-state index in [1.54, 1.807) is 0 Å². The van der Waals surface area contributed by atoms with Crippen LogP contribution in [0.15, 0.2) is 11.1 Å². The average molecular weight is 358 g/mol. The van der Waals surface area contributed by atoms with Gasteiger partial charge < -0.3 is 18.9 Å². The first-order valence-corrected chi connectivity index (χ1v) is 9.82. The second kappa shape index (κ2) is 3.69. The van der Waals surface area contributed by atoms with E-state index in [1.165, 1.54) is 0 Å². The molecule has 2 saturated carbocycles. The van der Waals surface area contributed by atoms with Crippen LogP contribution in [0.25, 0.3) is 0 Å². The summed E-state index contributed by atoms with van der Waals surface area (Å²) in [7, 11) is 0. The number of hydrogen-bond acceptors (Lipinski definition) is 6. The summed E-state index contributed by atoms with van der Waals surface area (Å²) in [5, 5.41) is 0. The molecule has 7 aliphatic rings. The molecule has 26 heavy (non-hydrogen) atoms. The van der Waals surface area contributed by atoms with Crippen molar-refractivity contribution >= 4 is 11.8 Å². The van der Waals surface area contributed by atoms with E-state index in [-0.39, 0.29) is 47.3 Å². The third-order valence-electron chi connectivity index (χ3n) is 8.82. The predicted octanol–water partition coefficient (Wildman–Crippen LogP) is 1.31. The van der Waals surface area contributed by atoms with Crippen molar-refractivity contribution in [2.45, 2.75) is 75.1 Å². The number of rotatable bonds is 1. The molecule has 0 bridgehead atoms. The van der Waals surface area contributed by atoms with Gasteiger partial charge in [-0.25, -0.2) is 4.79 Å². The summed E-state index contributed by atoms with van der Waals surface area (Å²) >= 11 is 0. The van der Waals surface area contributed by atoms with E-state index in [0.29, 0.717) is 13.0 Å². The van der Waals surface area contributed by atoms with Crippen molar-refractivity contribution in [2.24, 2.45) is 17.3 Å². The van der Waals surface area contributed by atoms with Crippen LogP contribution in [0.1, 0.15) is 40.0 Å². The highest BCUT2D eigenvalue weighted by atomic mass is 16.7. The molecule has 3 saturated heterocycles. The number of cyclic esters (lactones) is 1. The highest BCUT2D eigenvalue weighted by Gasteiger charge is 3.00. The molecule has 0 N–H and O–H groups in total. The Labute approximate surface area is 151 Å². The molecule has 0 radical (unpaired) electrons. The first kappa shape index (κ1) is 14.8. The summed E-state index contributed by atoms with van der Waals surface area (Å²) < 4.78 is 24.1. The molecule has 5 fully saturated rings. The van der Waals surface area contributed by atoms with Gasteiger partial charge in [0.2, 0.25) is 5.78 Å². The largest absolute Gasteiger partial charge is 0.458 e. The van der Waals surface area contributed by atoms with Crippen LogP contribution in [0.5, 0.6) is 0 Å². The number of carbonyl (C=O) groups is 2. The Hall–Kier alpha value is -1.24. The van der Waals surface area contributed by atoms with Gasteiger partial charge in [-0.05, 0) is 36.7 Å². The SMILES string of the molecule is CC(C)[C@]12OC1C1O[C@@]13[C@@]1(C)CCC4=C(COC4=O)[C@H]1CC1O[C@@]13C2=O. The highest BCUT2D eigenvalue weighted by molar-refractivity contribution is 6.05. The van der Waals surface area contributed by atoms with Crippen LogP contribution in [-0.4, -0.2) is 53.5 Å². The normalized spacial score (nSPS) is 60.3. The minimum Gasteiger partial charge on any atom is -0.458 e. The zero-order valence-corrected chi connectivity index (χ0v) is 15.2. The van der Waals surface area contributed by atoms with Crippen LogP contribution in [0, 0.1) is 17.3 Å². The zero-order valence-electron chi connectivity index (χ0n) is 15.2. The minimum atomic E-state index is -0.832. The number of esters is 1. The molecule has 138 valence electrons. The molecule has 3 aliphatic carbocycles. The Balaban J connectivity index is 1.40. The van der Waals surface area contributed by atoms with E-state index >= 15 is 0 Å². The van der Waals surface area contributed by atoms with Gasteiger partial charge in [-0.1, -0.05) is 20.8 Å². The molecule has 8 atom stereocenters. The van der Waals surface area contributed by atoms with Gasteiger partial charge in [-0.15, -0.1) is 0 Å². The number of ketones is 1. The molecule has 4 heterocycles. The number of hydrogen-bond donors (Lipinski definition) is 0. The lowest BCUT2D eigenvalue weighted by molar-refractivity contribution is -0.139. The standard InChI is InChI=1S/C20H22O6/c1-8(2)18-13(25-18)14-20(26-14)17(3)5-4-9-10(7-23-15(9)21)11(17)6-12-19(20,24-12)16(18)22/h8,11-14H,4-7H2,1-3H3/t11-,12?,13?,14?,17+,18+,19-,20-/m1/s1. The molecule has 7 rings (SSSR count). The lowest BCUT2D eigenvalue weighted by atomic mass is 9.47. The Morgan fingerprint density at radius 1 is 1.12 bits per heavy atom. The third kappa shape index (κ3) is 1.10. The summed E-state index contributed by atoms with van der Waals surface area (Å²) in [5.41, 5.74) is -0.371. The van der Waals surface area contributed by atoms with E-state index < -0.39 is 16.8 Å². The Morgan fingerprint density at radius 3 is 2.69 bits per heavy atom. The summed E-state index contributed by atoms with van der Waals surface area (Å²) in [6, 6.07) is 0. The molecule has 0 amide bonds. The van der Waals surface area contributed by atoms with Crippen LogP contribution < -0.4 is 0 Å². The van der Waals surface area contributed by atoms with Crippen molar-refractivity contribution < 1.29 is 28.5 Å². The Bertz CT molecular complexity index is 860. The molecule has 6 nitrogen and oxygen atoms in total. The summed E-state index contributed by atoms with van der Waals surface area (Å²) in [5.74, 6) is 0.252. The highest BCUT2D eigenvalue weighted by Crippen LogP contribution is 2.81. The van der Waals surface area contributed by atoms with E-state index in [2.05, 4.69) is 6.92 Å². The van der Waals surface area contributed by atoms with E-state index in [1.807, 2.05) is 13.8 Å². The van der Waals surface area contributed by atoms with Gasteiger partial charge in [0.25, 0.3) is 0 Å². The fourth-order valence-electron chi connectivity index (χ4n) is 7.41. The summed E-state index contributed by atoms with van der Waals surface area (Å²) in [6.07, 6.45) is 1.97. The lowest BCUT2D eigenvalue weighted by Gasteiger charge is -2.51. The molecule has 3 unspecified atom stereocenters.